The van der Waals surface area contributed by atoms with Gasteiger partial charge in [-0.25, -0.2) is 13.9 Å². The number of methoxy groups -OCH3 is 1. The number of carbonyl (C=O) groups excluding carboxylic acids is 1. The van der Waals surface area contributed by atoms with Crippen LogP contribution >= 0.6 is 0 Å². The van der Waals surface area contributed by atoms with E-state index in [0.717, 1.165) is 67.7 Å². The first-order valence-electron chi connectivity index (χ1n) is 14.5. The molecular weight excluding hydrogens is 535 g/mol. The summed E-state index contributed by atoms with van der Waals surface area (Å²) in [7, 11) is 3.67. The molecule has 2 atom stereocenters. The first kappa shape index (κ1) is 26.5. The zero-order chi connectivity index (χ0) is 28.8. The minimum atomic E-state index is -0.992. The lowest BCUT2D eigenvalue weighted by Crippen LogP contribution is -2.43. The Hall–Kier alpha value is -4.38. The molecule has 1 amide bonds. The second-order valence-electron chi connectivity index (χ2n) is 11.2. The SMILES string of the molecule is COc1ccc(CN(C)c2cc(N3CCc4c(N5CCNCC5)cccc43)nn3c(C(=O)N[C@@H]4C[C@@H]4F)cnc23)cc1. The standard InChI is InChI=1S/C31H35FN8O2/c1-37(19-20-6-8-21(42-2)9-7-20)27-17-29(36-40-28(18-34-30(27)40)31(41)35-24-16-23(24)32)39-13-10-22-25(4-3-5-26(22)39)38-14-11-33-12-15-38/h3-9,17-18,23-24,33H,10-16,19H2,1-2H3,(H,35,41)/t23-,24+/m0/s1. The molecule has 11 heteroatoms. The Morgan fingerprint density at radius 2 is 1.90 bits per heavy atom. The van der Waals surface area contributed by atoms with Gasteiger partial charge in [-0.3, -0.25) is 4.79 Å². The number of amides is 1. The second kappa shape index (κ2) is 10.8. The highest BCUT2D eigenvalue weighted by molar-refractivity contribution is 5.94. The number of halogens is 1. The maximum Gasteiger partial charge on any atom is 0.271 e. The van der Waals surface area contributed by atoms with Crippen LogP contribution in [0.4, 0.5) is 27.3 Å². The molecule has 0 radical (unpaired) electrons. The average molecular weight is 571 g/mol. The molecule has 1 aliphatic carbocycles. The summed E-state index contributed by atoms with van der Waals surface area (Å²) >= 11 is 0. The number of rotatable bonds is 8. The van der Waals surface area contributed by atoms with Gasteiger partial charge >= 0.3 is 0 Å². The van der Waals surface area contributed by atoms with Gasteiger partial charge < -0.3 is 30.1 Å². The number of nitrogens with one attached hydrogen (secondary N) is 2. The molecule has 2 aromatic heterocycles. The molecule has 2 fully saturated rings. The van der Waals surface area contributed by atoms with Gasteiger partial charge in [-0.15, -0.1) is 5.10 Å². The van der Waals surface area contributed by atoms with Crippen LogP contribution in [0.5, 0.6) is 5.75 Å². The second-order valence-corrected chi connectivity index (χ2v) is 11.2. The van der Waals surface area contributed by atoms with Crippen molar-refractivity contribution in [2.45, 2.75) is 31.6 Å². The number of piperazine rings is 1. The van der Waals surface area contributed by atoms with Gasteiger partial charge in [-0.05, 0) is 36.2 Å². The van der Waals surface area contributed by atoms with E-state index in [4.69, 9.17) is 9.84 Å². The number of fused-ring (bicyclic) bond motifs is 2. The average Bonchev–Trinajstić information content (AvgIpc) is 3.36. The number of hydrogen-bond acceptors (Lipinski definition) is 8. The number of nitrogens with zero attached hydrogens (tertiary/aromatic N) is 6. The monoisotopic (exact) mass is 570 g/mol. The van der Waals surface area contributed by atoms with E-state index >= 15 is 0 Å². The molecule has 0 unspecified atom stereocenters. The molecule has 1 saturated carbocycles. The Kier molecular flexibility index (Phi) is 6.81. The lowest BCUT2D eigenvalue weighted by molar-refractivity contribution is 0.0940. The van der Waals surface area contributed by atoms with E-state index in [2.05, 4.69) is 54.6 Å². The summed E-state index contributed by atoms with van der Waals surface area (Å²) < 4.78 is 20.5. The summed E-state index contributed by atoms with van der Waals surface area (Å²) in [6.07, 6.45) is 1.79. The Bertz CT molecular complexity index is 1620. The Balaban J connectivity index is 1.28. The molecule has 4 aromatic rings. The number of imidazole rings is 1. The predicted molar refractivity (Wildman–Crippen MR) is 161 cm³/mol. The predicted octanol–water partition coefficient (Wildman–Crippen LogP) is 3.32. The largest absolute Gasteiger partial charge is 0.497 e. The lowest BCUT2D eigenvalue weighted by atomic mass is 10.1. The van der Waals surface area contributed by atoms with Crippen LogP contribution < -0.4 is 30.1 Å². The Morgan fingerprint density at radius 3 is 2.64 bits per heavy atom. The van der Waals surface area contributed by atoms with Crippen molar-refractivity contribution < 1.29 is 13.9 Å². The van der Waals surface area contributed by atoms with Crippen molar-refractivity contribution in [1.82, 2.24) is 25.2 Å². The van der Waals surface area contributed by atoms with E-state index in [0.29, 0.717) is 24.3 Å². The van der Waals surface area contributed by atoms with E-state index in [1.165, 1.54) is 17.4 Å². The molecule has 7 rings (SSSR count). The fourth-order valence-electron chi connectivity index (χ4n) is 6.01. The topological polar surface area (TPSA) is 90.3 Å². The highest BCUT2D eigenvalue weighted by Crippen LogP contribution is 2.40. The highest BCUT2D eigenvalue weighted by atomic mass is 19.1. The lowest BCUT2D eigenvalue weighted by Gasteiger charge is -2.31. The number of anilines is 4. The normalized spacial score (nSPS) is 19.6. The van der Waals surface area contributed by atoms with E-state index in [-0.39, 0.29) is 5.91 Å². The van der Waals surface area contributed by atoms with Gasteiger partial charge in [0.1, 0.15) is 11.9 Å². The zero-order valence-electron chi connectivity index (χ0n) is 23.9. The van der Waals surface area contributed by atoms with E-state index in [1.807, 2.05) is 31.3 Å². The van der Waals surface area contributed by atoms with Crippen LogP contribution in [0.25, 0.3) is 5.65 Å². The fourth-order valence-corrected chi connectivity index (χ4v) is 6.01. The number of carbonyl (C=O) groups is 1. The third-order valence-electron chi connectivity index (χ3n) is 8.42. The van der Waals surface area contributed by atoms with Crippen LogP contribution in [0.1, 0.15) is 28.0 Å². The van der Waals surface area contributed by atoms with Crippen molar-refractivity contribution in [3.63, 3.8) is 0 Å². The quantitative estimate of drug-likeness (QED) is 0.334. The van der Waals surface area contributed by atoms with Gasteiger partial charge in [0.25, 0.3) is 5.91 Å². The number of alkyl halides is 1. The van der Waals surface area contributed by atoms with Crippen LogP contribution in [0.2, 0.25) is 0 Å². The van der Waals surface area contributed by atoms with Gasteiger partial charge in [0.05, 0.1) is 25.0 Å². The molecule has 218 valence electrons. The highest BCUT2D eigenvalue weighted by Gasteiger charge is 2.39. The molecule has 1 saturated heterocycles. The number of benzene rings is 2. The van der Waals surface area contributed by atoms with Gasteiger partial charge in [0, 0.05) is 75.7 Å². The van der Waals surface area contributed by atoms with Crippen molar-refractivity contribution in [2.75, 3.05) is 61.6 Å². The molecule has 2 N–H and O–H groups in total. The molecule has 0 bridgehead atoms. The summed E-state index contributed by atoms with van der Waals surface area (Å²) in [5, 5.41) is 11.2. The molecular formula is C31H35FN8O2. The van der Waals surface area contributed by atoms with Crippen molar-refractivity contribution >= 4 is 34.4 Å². The molecule has 0 spiro atoms. The van der Waals surface area contributed by atoms with E-state index < -0.39 is 12.2 Å². The zero-order valence-corrected chi connectivity index (χ0v) is 23.9. The van der Waals surface area contributed by atoms with Crippen molar-refractivity contribution in [3.8, 4) is 5.75 Å². The molecule has 4 heterocycles. The van der Waals surface area contributed by atoms with Crippen LogP contribution in [-0.4, -0.2) is 79.6 Å². The first-order chi connectivity index (χ1) is 20.5. The minimum absolute atomic E-state index is 0.291. The summed E-state index contributed by atoms with van der Waals surface area (Å²) in [5.74, 6) is 1.17. The van der Waals surface area contributed by atoms with Crippen LogP contribution in [0.3, 0.4) is 0 Å². The summed E-state index contributed by atoms with van der Waals surface area (Å²) in [4.78, 5) is 24.6. The number of ether oxygens (including phenoxy) is 1. The summed E-state index contributed by atoms with van der Waals surface area (Å²) in [6.45, 7) is 5.31. The first-order valence-corrected chi connectivity index (χ1v) is 14.5. The van der Waals surface area contributed by atoms with Crippen LogP contribution in [0, 0.1) is 0 Å². The summed E-state index contributed by atoms with van der Waals surface area (Å²) in [5.41, 5.74) is 6.54. The Labute approximate surface area is 244 Å². The maximum absolute atomic E-state index is 13.6. The minimum Gasteiger partial charge on any atom is -0.497 e. The van der Waals surface area contributed by atoms with Crippen molar-refractivity contribution in [3.05, 3.63) is 71.5 Å². The molecule has 10 nitrogen and oxygen atoms in total. The fraction of sp³-hybridized carbons (Fsp3) is 0.387. The third kappa shape index (κ3) is 4.87. The Morgan fingerprint density at radius 1 is 1.14 bits per heavy atom. The molecule has 2 aliphatic heterocycles. The van der Waals surface area contributed by atoms with Gasteiger partial charge in [0.2, 0.25) is 0 Å². The molecule has 2 aromatic carbocycles. The molecule has 42 heavy (non-hydrogen) atoms. The number of aromatic nitrogens is 3. The van der Waals surface area contributed by atoms with Crippen molar-refractivity contribution in [1.29, 1.82) is 0 Å². The smallest absolute Gasteiger partial charge is 0.271 e. The number of hydrogen-bond donors (Lipinski definition) is 2. The van der Waals surface area contributed by atoms with Crippen LogP contribution in [0.15, 0.2) is 54.7 Å². The van der Waals surface area contributed by atoms with Crippen LogP contribution in [-0.2, 0) is 13.0 Å². The van der Waals surface area contributed by atoms with Gasteiger partial charge in [-0.1, -0.05) is 18.2 Å². The van der Waals surface area contributed by atoms with Gasteiger partial charge in [-0.2, -0.15) is 0 Å². The summed E-state index contributed by atoms with van der Waals surface area (Å²) in [6, 6.07) is 16.1. The third-order valence-corrected chi connectivity index (χ3v) is 8.42. The van der Waals surface area contributed by atoms with Gasteiger partial charge in [0.15, 0.2) is 17.2 Å². The van der Waals surface area contributed by atoms with Crippen molar-refractivity contribution in [2.24, 2.45) is 0 Å². The maximum atomic E-state index is 13.6. The molecule has 3 aliphatic rings. The van der Waals surface area contributed by atoms with E-state index in [9.17, 15) is 9.18 Å². The van der Waals surface area contributed by atoms with E-state index in [1.54, 1.807) is 11.6 Å².